The minimum Gasteiger partial charge on any atom is -0.490 e. The molecule has 3 rings (SSSR count). The van der Waals surface area contributed by atoms with Crippen molar-refractivity contribution in [2.24, 2.45) is 0 Å². The van der Waals surface area contributed by atoms with Gasteiger partial charge in [0.25, 0.3) is 5.91 Å². The quantitative estimate of drug-likeness (QED) is 0.557. The molecule has 1 fully saturated rings. The maximum absolute atomic E-state index is 13.4. The predicted molar refractivity (Wildman–Crippen MR) is 124 cm³/mol. The molecule has 0 unspecified atom stereocenters. The molecule has 0 atom stereocenters. The average molecular weight is 499 g/mol. The third-order valence-electron chi connectivity index (χ3n) is 5.94. The van der Waals surface area contributed by atoms with Crippen LogP contribution in [0.2, 0.25) is 0 Å². The highest BCUT2D eigenvalue weighted by molar-refractivity contribution is 7.90. The summed E-state index contributed by atoms with van der Waals surface area (Å²) in [6.45, 7) is 5.50. The number of halogens is 3. The second-order valence-electron chi connectivity index (χ2n) is 8.31. The van der Waals surface area contributed by atoms with Crippen molar-refractivity contribution in [3.8, 4) is 5.75 Å². The van der Waals surface area contributed by atoms with Gasteiger partial charge >= 0.3 is 6.18 Å². The first-order chi connectivity index (χ1) is 15.9. The van der Waals surface area contributed by atoms with E-state index in [1.807, 2.05) is 18.7 Å². The van der Waals surface area contributed by atoms with Crippen molar-refractivity contribution in [3.05, 3.63) is 53.6 Å². The third kappa shape index (κ3) is 6.02. The lowest BCUT2D eigenvalue weighted by atomic mass is 10.1. The molecule has 0 bridgehead atoms. The molecule has 1 amide bonds. The van der Waals surface area contributed by atoms with E-state index in [0.717, 1.165) is 31.2 Å². The molecule has 6 nitrogen and oxygen atoms in total. The molecule has 0 spiro atoms. The summed E-state index contributed by atoms with van der Waals surface area (Å²) in [7, 11) is -3.52. The van der Waals surface area contributed by atoms with E-state index < -0.39 is 21.6 Å². The largest absolute Gasteiger partial charge is 0.490 e. The molecule has 1 saturated heterocycles. The second kappa shape index (κ2) is 10.2. The predicted octanol–water partition coefficient (Wildman–Crippen LogP) is 4.64. The SMILES string of the molecule is CCC(CC)Oc1ccc(S(C)(=O)=O)cc1C(=O)N1CCN(c2ccc(C(F)(F)F)cc2)CC1. The number of benzene rings is 2. The third-order valence-corrected chi connectivity index (χ3v) is 7.05. The molecular weight excluding hydrogens is 469 g/mol. The molecule has 0 N–H and O–H groups in total. The van der Waals surface area contributed by atoms with Crippen LogP contribution in [-0.2, 0) is 16.0 Å². The molecule has 10 heteroatoms. The van der Waals surface area contributed by atoms with Crippen LogP contribution in [0.4, 0.5) is 18.9 Å². The summed E-state index contributed by atoms with van der Waals surface area (Å²) in [5, 5.41) is 0. The lowest BCUT2D eigenvalue weighted by Crippen LogP contribution is -2.49. The number of carbonyl (C=O) groups excluding carboxylic acids is 1. The van der Waals surface area contributed by atoms with Crippen LogP contribution in [-0.4, -0.2) is 57.8 Å². The van der Waals surface area contributed by atoms with E-state index in [9.17, 15) is 26.4 Å². The molecule has 34 heavy (non-hydrogen) atoms. The van der Waals surface area contributed by atoms with Gasteiger partial charge in [0.15, 0.2) is 9.84 Å². The Hall–Kier alpha value is -2.75. The van der Waals surface area contributed by atoms with Gasteiger partial charge in [-0.15, -0.1) is 0 Å². The van der Waals surface area contributed by atoms with Crippen molar-refractivity contribution in [2.45, 2.75) is 43.9 Å². The number of nitrogens with zero attached hydrogens (tertiary/aromatic N) is 2. The number of carbonyl (C=O) groups is 1. The van der Waals surface area contributed by atoms with Crippen molar-refractivity contribution in [1.82, 2.24) is 4.90 Å². The van der Waals surface area contributed by atoms with E-state index in [1.165, 1.54) is 30.3 Å². The van der Waals surface area contributed by atoms with Crippen LogP contribution in [0.5, 0.6) is 5.75 Å². The summed E-state index contributed by atoms with van der Waals surface area (Å²) in [5.41, 5.74) is 0.135. The number of hydrogen-bond donors (Lipinski definition) is 0. The Morgan fingerprint density at radius 2 is 1.59 bits per heavy atom. The highest BCUT2D eigenvalue weighted by atomic mass is 32.2. The lowest BCUT2D eigenvalue weighted by molar-refractivity contribution is -0.137. The fourth-order valence-electron chi connectivity index (χ4n) is 3.84. The van der Waals surface area contributed by atoms with Gasteiger partial charge in [0.1, 0.15) is 5.75 Å². The number of anilines is 1. The second-order valence-corrected chi connectivity index (χ2v) is 10.3. The molecule has 1 heterocycles. The van der Waals surface area contributed by atoms with Crippen LogP contribution in [0.25, 0.3) is 0 Å². The Labute approximate surface area is 198 Å². The Morgan fingerprint density at radius 1 is 1.00 bits per heavy atom. The maximum atomic E-state index is 13.4. The summed E-state index contributed by atoms with van der Waals surface area (Å²) < 4.78 is 68.6. The van der Waals surface area contributed by atoms with Crippen LogP contribution < -0.4 is 9.64 Å². The molecule has 2 aromatic rings. The number of alkyl halides is 3. The number of ether oxygens (including phenoxy) is 1. The summed E-state index contributed by atoms with van der Waals surface area (Å²) >= 11 is 0. The zero-order valence-corrected chi connectivity index (χ0v) is 20.2. The van der Waals surface area contributed by atoms with E-state index >= 15 is 0 Å². The Balaban J connectivity index is 1.78. The van der Waals surface area contributed by atoms with Crippen LogP contribution in [0.15, 0.2) is 47.4 Å². The first kappa shape index (κ1) is 25.9. The number of amides is 1. The summed E-state index contributed by atoms with van der Waals surface area (Å²) in [6.07, 6.45) is -1.93. The van der Waals surface area contributed by atoms with Gasteiger partial charge in [0, 0.05) is 38.1 Å². The van der Waals surface area contributed by atoms with Gasteiger partial charge in [0.05, 0.1) is 22.1 Å². The average Bonchev–Trinajstić information content (AvgIpc) is 2.81. The lowest BCUT2D eigenvalue weighted by Gasteiger charge is -2.36. The van der Waals surface area contributed by atoms with Crippen LogP contribution in [0.1, 0.15) is 42.6 Å². The summed E-state index contributed by atoms with van der Waals surface area (Å²) in [6, 6.07) is 9.27. The zero-order chi connectivity index (χ0) is 25.1. The molecule has 186 valence electrons. The normalized spacial score (nSPS) is 15.0. The maximum Gasteiger partial charge on any atom is 0.416 e. The molecule has 0 radical (unpaired) electrons. The molecule has 0 aromatic heterocycles. The molecule has 0 saturated carbocycles. The van der Waals surface area contributed by atoms with Gasteiger partial charge in [-0.3, -0.25) is 4.79 Å². The molecular formula is C24H29F3N2O4S. The topological polar surface area (TPSA) is 66.9 Å². The van der Waals surface area contributed by atoms with Gasteiger partial charge in [-0.2, -0.15) is 13.2 Å². The summed E-state index contributed by atoms with van der Waals surface area (Å²) in [4.78, 5) is 16.9. The fraction of sp³-hybridized carbons (Fsp3) is 0.458. The van der Waals surface area contributed by atoms with Gasteiger partial charge in [0.2, 0.25) is 0 Å². The number of hydrogen-bond acceptors (Lipinski definition) is 5. The van der Waals surface area contributed by atoms with E-state index in [0.29, 0.717) is 37.6 Å². The number of piperazine rings is 1. The minimum atomic E-state index is -4.39. The van der Waals surface area contributed by atoms with Crippen molar-refractivity contribution >= 4 is 21.4 Å². The zero-order valence-electron chi connectivity index (χ0n) is 19.4. The van der Waals surface area contributed by atoms with E-state index in [-0.39, 0.29) is 22.5 Å². The van der Waals surface area contributed by atoms with Crippen molar-refractivity contribution in [3.63, 3.8) is 0 Å². The number of sulfone groups is 1. The minimum absolute atomic E-state index is 0.0381. The van der Waals surface area contributed by atoms with Gasteiger partial charge in [-0.25, -0.2) is 8.42 Å². The van der Waals surface area contributed by atoms with Crippen molar-refractivity contribution in [1.29, 1.82) is 0 Å². The van der Waals surface area contributed by atoms with E-state index in [4.69, 9.17) is 4.74 Å². The van der Waals surface area contributed by atoms with E-state index in [1.54, 1.807) is 4.90 Å². The van der Waals surface area contributed by atoms with Crippen LogP contribution >= 0.6 is 0 Å². The first-order valence-electron chi connectivity index (χ1n) is 11.2. The Bertz CT molecular complexity index is 1110. The summed E-state index contributed by atoms with van der Waals surface area (Å²) in [5.74, 6) is 0.00907. The van der Waals surface area contributed by atoms with Crippen LogP contribution in [0.3, 0.4) is 0 Å². The smallest absolute Gasteiger partial charge is 0.416 e. The Morgan fingerprint density at radius 3 is 2.09 bits per heavy atom. The monoisotopic (exact) mass is 498 g/mol. The van der Waals surface area contributed by atoms with Gasteiger partial charge in [-0.1, -0.05) is 13.8 Å². The first-order valence-corrected chi connectivity index (χ1v) is 13.1. The van der Waals surface area contributed by atoms with Gasteiger partial charge < -0.3 is 14.5 Å². The van der Waals surface area contributed by atoms with Crippen LogP contribution in [0, 0.1) is 0 Å². The molecule has 1 aliphatic rings. The Kier molecular flexibility index (Phi) is 7.80. The molecule has 0 aliphatic carbocycles. The highest BCUT2D eigenvalue weighted by Gasteiger charge is 2.31. The molecule has 2 aromatic carbocycles. The number of rotatable bonds is 7. The van der Waals surface area contributed by atoms with Crippen molar-refractivity contribution < 1.29 is 31.1 Å². The van der Waals surface area contributed by atoms with Gasteiger partial charge in [-0.05, 0) is 55.3 Å². The van der Waals surface area contributed by atoms with Crippen molar-refractivity contribution in [2.75, 3.05) is 37.3 Å². The molecule has 1 aliphatic heterocycles. The standard InChI is InChI=1S/C24H29F3N2O4S/c1-4-19(5-2)33-22-11-10-20(34(3,31)32)16-21(22)23(30)29-14-12-28(13-15-29)18-8-6-17(7-9-18)24(25,26)27/h6-11,16,19H,4-5,12-15H2,1-3H3. The van der Waals surface area contributed by atoms with E-state index in [2.05, 4.69) is 0 Å². The highest BCUT2D eigenvalue weighted by Crippen LogP contribution is 2.31. The fourth-order valence-corrected chi connectivity index (χ4v) is 4.49.